The van der Waals surface area contributed by atoms with Crippen molar-refractivity contribution in [1.29, 1.82) is 0 Å². The lowest BCUT2D eigenvalue weighted by molar-refractivity contribution is -0.122. The lowest BCUT2D eigenvalue weighted by Crippen LogP contribution is -2.38. The largest absolute Gasteiger partial charge is 0.348 e. The zero-order valence-electron chi connectivity index (χ0n) is 10.9. The van der Waals surface area contributed by atoms with Crippen LogP contribution in [0.25, 0.3) is 0 Å². The van der Waals surface area contributed by atoms with E-state index in [1.807, 2.05) is 24.4 Å². The average Bonchev–Trinajstić information content (AvgIpc) is 2.89. The maximum absolute atomic E-state index is 11.9. The summed E-state index contributed by atoms with van der Waals surface area (Å²) in [5.41, 5.74) is 5.95. The number of likely N-dealkylation sites (tertiary alicyclic amines) is 1. The Hall–Kier alpha value is -0.910. The molecule has 1 aliphatic rings. The highest BCUT2D eigenvalue weighted by atomic mass is 32.1. The van der Waals surface area contributed by atoms with Crippen LogP contribution in [0.4, 0.5) is 0 Å². The Balaban J connectivity index is 1.79. The third-order valence-electron chi connectivity index (χ3n) is 3.46. The van der Waals surface area contributed by atoms with Crippen molar-refractivity contribution in [3.63, 3.8) is 0 Å². The van der Waals surface area contributed by atoms with Gasteiger partial charge in [-0.05, 0) is 24.3 Å². The molecule has 3 unspecified atom stereocenters. The second kappa shape index (κ2) is 5.82. The van der Waals surface area contributed by atoms with Crippen LogP contribution in [-0.4, -0.2) is 36.5 Å². The minimum atomic E-state index is 0.0807. The molecule has 1 aliphatic heterocycles. The molecule has 1 aromatic heterocycles. The summed E-state index contributed by atoms with van der Waals surface area (Å²) in [6.07, 6.45) is 0. The van der Waals surface area contributed by atoms with E-state index >= 15 is 0 Å². The predicted octanol–water partition coefficient (Wildman–Crippen LogP) is 1.20. The van der Waals surface area contributed by atoms with Crippen LogP contribution in [0.2, 0.25) is 0 Å². The molecular weight excluding hydrogens is 246 g/mol. The van der Waals surface area contributed by atoms with Gasteiger partial charge in [-0.1, -0.05) is 13.0 Å². The zero-order chi connectivity index (χ0) is 13.1. The highest BCUT2D eigenvalue weighted by molar-refractivity contribution is 7.10. The van der Waals surface area contributed by atoms with E-state index in [1.54, 1.807) is 11.3 Å². The Morgan fingerprint density at radius 3 is 3.00 bits per heavy atom. The molecule has 1 amide bonds. The maximum atomic E-state index is 11.9. The summed E-state index contributed by atoms with van der Waals surface area (Å²) in [6.45, 7) is 6.34. The van der Waals surface area contributed by atoms with Crippen molar-refractivity contribution >= 4 is 17.2 Å². The van der Waals surface area contributed by atoms with Crippen LogP contribution < -0.4 is 11.1 Å². The molecule has 18 heavy (non-hydrogen) atoms. The van der Waals surface area contributed by atoms with E-state index in [9.17, 15) is 4.79 Å². The molecule has 5 heteroatoms. The lowest BCUT2D eigenvalue weighted by atomic mass is 10.1. The number of rotatable bonds is 4. The van der Waals surface area contributed by atoms with Crippen LogP contribution in [-0.2, 0) is 4.79 Å². The highest BCUT2D eigenvalue weighted by Gasteiger charge is 2.27. The summed E-state index contributed by atoms with van der Waals surface area (Å²) >= 11 is 1.67. The Morgan fingerprint density at radius 1 is 1.67 bits per heavy atom. The van der Waals surface area contributed by atoms with Gasteiger partial charge in [-0.3, -0.25) is 9.69 Å². The fourth-order valence-electron chi connectivity index (χ4n) is 2.32. The zero-order valence-corrected chi connectivity index (χ0v) is 11.7. The molecule has 2 heterocycles. The van der Waals surface area contributed by atoms with Gasteiger partial charge >= 0.3 is 0 Å². The molecule has 0 aliphatic carbocycles. The van der Waals surface area contributed by atoms with Crippen LogP contribution >= 0.6 is 11.3 Å². The van der Waals surface area contributed by atoms with E-state index in [-0.39, 0.29) is 18.0 Å². The molecule has 0 saturated carbocycles. The number of amides is 1. The molecule has 3 N–H and O–H groups in total. The molecule has 100 valence electrons. The first-order valence-electron chi connectivity index (χ1n) is 6.37. The second-order valence-electron chi connectivity index (χ2n) is 5.14. The SMILES string of the molecule is CC(NC(=O)CN1CC(C)C(N)C1)c1cccs1. The Bertz CT molecular complexity index is 383. The van der Waals surface area contributed by atoms with Gasteiger partial charge in [0.25, 0.3) is 0 Å². The van der Waals surface area contributed by atoms with E-state index in [1.165, 1.54) is 4.88 Å². The number of thiophene rings is 1. The average molecular weight is 267 g/mol. The van der Waals surface area contributed by atoms with Gasteiger partial charge in [0.1, 0.15) is 0 Å². The molecule has 0 aromatic carbocycles. The van der Waals surface area contributed by atoms with E-state index in [0.29, 0.717) is 12.5 Å². The predicted molar refractivity (Wildman–Crippen MR) is 74.5 cm³/mol. The van der Waals surface area contributed by atoms with Gasteiger partial charge in [-0.25, -0.2) is 0 Å². The van der Waals surface area contributed by atoms with E-state index in [4.69, 9.17) is 5.73 Å². The number of hydrogen-bond acceptors (Lipinski definition) is 4. The summed E-state index contributed by atoms with van der Waals surface area (Å²) in [5.74, 6) is 0.560. The molecule has 2 rings (SSSR count). The van der Waals surface area contributed by atoms with Gasteiger partial charge in [0.05, 0.1) is 12.6 Å². The Labute approximate surface area is 112 Å². The number of carbonyl (C=O) groups is 1. The summed E-state index contributed by atoms with van der Waals surface area (Å²) in [7, 11) is 0. The third-order valence-corrected chi connectivity index (χ3v) is 4.52. The topological polar surface area (TPSA) is 58.4 Å². The Kier molecular flexibility index (Phi) is 4.37. The van der Waals surface area contributed by atoms with Crippen molar-refractivity contribution in [2.24, 2.45) is 11.7 Å². The summed E-state index contributed by atoms with van der Waals surface area (Å²) < 4.78 is 0. The first-order valence-corrected chi connectivity index (χ1v) is 7.25. The van der Waals surface area contributed by atoms with Crippen LogP contribution in [0, 0.1) is 5.92 Å². The number of nitrogens with two attached hydrogens (primary N) is 1. The minimum absolute atomic E-state index is 0.0807. The fraction of sp³-hybridized carbons (Fsp3) is 0.615. The standard InChI is InChI=1S/C13H21N3OS/c1-9-6-16(7-11(9)14)8-13(17)15-10(2)12-4-3-5-18-12/h3-5,9-11H,6-8,14H2,1-2H3,(H,15,17). The molecule has 1 saturated heterocycles. The number of nitrogens with zero attached hydrogens (tertiary/aromatic N) is 1. The first kappa shape index (κ1) is 13.5. The van der Waals surface area contributed by atoms with Gasteiger partial charge in [0.2, 0.25) is 5.91 Å². The van der Waals surface area contributed by atoms with Crippen LogP contribution in [0.15, 0.2) is 17.5 Å². The van der Waals surface area contributed by atoms with E-state index in [2.05, 4.69) is 17.1 Å². The van der Waals surface area contributed by atoms with Crippen LogP contribution in [0.3, 0.4) is 0 Å². The van der Waals surface area contributed by atoms with Crippen molar-refractivity contribution < 1.29 is 4.79 Å². The normalized spacial score (nSPS) is 26.2. The molecule has 3 atom stereocenters. The molecule has 0 bridgehead atoms. The molecule has 0 radical (unpaired) electrons. The third kappa shape index (κ3) is 3.31. The summed E-state index contributed by atoms with van der Waals surface area (Å²) in [5, 5.41) is 5.05. The van der Waals surface area contributed by atoms with Crippen molar-refractivity contribution in [1.82, 2.24) is 10.2 Å². The Morgan fingerprint density at radius 2 is 2.44 bits per heavy atom. The summed E-state index contributed by atoms with van der Waals surface area (Å²) in [6, 6.07) is 4.34. The maximum Gasteiger partial charge on any atom is 0.234 e. The number of nitrogens with one attached hydrogen (secondary N) is 1. The second-order valence-corrected chi connectivity index (χ2v) is 6.12. The summed E-state index contributed by atoms with van der Waals surface area (Å²) in [4.78, 5) is 15.2. The van der Waals surface area contributed by atoms with Crippen LogP contribution in [0.5, 0.6) is 0 Å². The van der Waals surface area contributed by atoms with Crippen molar-refractivity contribution in [2.45, 2.75) is 25.9 Å². The van der Waals surface area contributed by atoms with Gasteiger partial charge in [0.15, 0.2) is 0 Å². The fourth-order valence-corrected chi connectivity index (χ4v) is 3.06. The lowest BCUT2D eigenvalue weighted by Gasteiger charge is -2.17. The van der Waals surface area contributed by atoms with Gasteiger partial charge in [-0.2, -0.15) is 0 Å². The van der Waals surface area contributed by atoms with Crippen molar-refractivity contribution in [3.05, 3.63) is 22.4 Å². The van der Waals surface area contributed by atoms with E-state index in [0.717, 1.165) is 13.1 Å². The number of carbonyl (C=O) groups excluding carboxylic acids is 1. The molecule has 4 nitrogen and oxygen atoms in total. The highest BCUT2D eigenvalue weighted by Crippen LogP contribution is 2.18. The van der Waals surface area contributed by atoms with E-state index < -0.39 is 0 Å². The quantitative estimate of drug-likeness (QED) is 0.862. The number of hydrogen-bond donors (Lipinski definition) is 2. The molecule has 1 fully saturated rings. The van der Waals surface area contributed by atoms with Gasteiger partial charge in [0, 0.05) is 24.0 Å². The van der Waals surface area contributed by atoms with Crippen LogP contribution in [0.1, 0.15) is 24.8 Å². The van der Waals surface area contributed by atoms with Crippen molar-refractivity contribution in [2.75, 3.05) is 19.6 Å². The van der Waals surface area contributed by atoms with Crippen molar-refractivity contribution in [3.8, 4) is 0 Å². The smallest absolute Gasteiger partial charge is 0.234 e. The van der Waals surface area contributed by atoms with Gasteiger partial charge < -0.3 is 11.1 Å². The monoisotopic (exact) mass is 267 g/mol. The molecular formula is C13H21N3OS. The molecule has 1 aromatic rings. The minimum Gasteiger partial charge on any atom is -0.348 e. The molecule has 0 spiro atoms. The first-order chi connectivity index (χ1) is 8.56. The van der Waals surface area contributed by atoms with Gasteiger partial charge in [-0.15, -0.1) is 11.3 Å².